The van der Waals surface area contributed by atoms with E-state index < -0.39 is 0 Å². The number of rotatable bonds is 4. The Kier molecular flexibility index (Phi) is 5.25. The second-order valence-corrected chi connectivity index (χ2v) is 5.32. The minimum absolute atomic E-state index is 0.0254. The first-order valence-electron chi connectivity index (χ1n) is 7.41. The number of carbonyl (C=O) groups is 1. The SMILES string of the molecule is CC[C@H](NC(=O)NC1CCCCC1)c1ccccc1. The molecule has 19 heavy (non-hydrogen) atoms. The van der Waals surface area contributed by atoms with E-state index in [-0.39, 0.29) is 12.1 Å². The summed E-state index contributed by atoms with van der Waals surface area (Å²) in [6.45, 7) is 2.10. The predicted octanol–water partition coefficient (Wildman–Crippen LogP) is 3.77. The highest BCUT2D eigenvalue weighted by molar-refractivity contribution is 5.74. The lowest BCUT2D eigenvalue weighted by atomic mass is 9.96. The second-order valence-electron chi connectivity index (χ2n) is 5.32. The number of amides is 2. The minimum atomic E-state index is -0.0254. The van der Waals surface area contributed by atoms with Crippen molar-refractivity contribution in [1.82, 2.24) is 10.6 Å². The first-order valence-corrected chi connectivity index (χ1v) is 7.41. The van der Waals surface area contributed by atoms with Crippen LogP contribution in [0.2, 0.25) is 0 Å². The van der Waals surface area contributed by atoms with E-state index in [4.69, 9.17) is 0 Å². The van der Waals surface area contributed by atoms with Crippen LogP contribution in [0.15, 0.2) is 30.3 Å². The van der Waals surface area contributed by atoms with Crippen molar-refractivity contribution in [2.45, 2.75) is 57.5 Å². The Morgan fingerprint density at radius 3 is 2.53 bits per heavy atom. The summed E-state index contributed by atoms with van der Waals surface area (Å²) in [7, 11) is 0. The van der Waals surface area contributed by atoms with Crippen molar-refractivity contribution in [2.75, 3.05) is 0 Å². The van der Waals surface area contributed by atoms with E-state index in [1.807, 2.05) is 18.2 Å². The molecule has 1 aromatic carbocycles. The maximum absolute atomic E-state index is 12.0. The summed E-state index contributed by atoms with van der Waals surface area (Å²) in [6, 6.07) is 10.6. The van der Waals surface area contributed by atoms with Gasteiger partial charge in [0.15, 0.2) is 0 Å². The normalized spacial score (nSPS) is 17.7. The Labute approximate surface area is 115 Å². The van der Waals surface area contributed by atoms with Crippen LogP contribution in [0, 0.1) is 0 Å². The highest BCUT2D eigenvalue weighted by Crippen LogP contribution is 2.18. The van der Waals surface area contributed by atoms with E-state index in [1.54, 1.807) is 0 Å². The highest BCUT2D eigenvalue weighted by atomic mass is 16.2. The Bertz CT molecular complexity index is 385. The molecule has 0 aromatic heterocycles. The molecule has 0 aliphatic heterocycles. The summed E-state index contributed by atoms with van der Waals surface area (Å²) in [5.41, 5.74) is 1.17. The predicted molar refractivity (Wildman–Crippen MR) is 78.0 cm³/mol. The summed E-state index contributed by atoms with van der Waals surface area (Å²) in [5, 5.41) is 6.18. The molecule has 0 unspecified atom stereocenters. The molecule has 0 radical (unpaired) electrons. The standard InChI is InChI=1S/C16H24N2O/c1-2-15(13-9-5-3-6-10-13)18-16(19)17-14-11-7-4-8-12-14/h3,5-6,9-10,14-15H,2,4,7-8,11-12H2,1H3,(H2,17,18,19)/t15-/m0/s1. The molecule has 1 aliphatic rings. The molecule has 0 saturated heterocycles. The summed E-state index contributed by atoms with van der Waals surface area (Å²) in [4.78, 5) is 12.0. The van der Waals surface area contributed by atoms with Crippen LogP contribution >= 0.6 is 0 Å². The fourth-order valence-corrected chi connectivity index (χ4v) is 2.74. The molecule has 3 heteroatoms. The van der Waals surface area contributed by atoms with Gasteiger partial charge >= 0.3 is 6.03 Å². The van der Waals surface area contributed by atoms with Crippen molar-refractivity contribution in [1.29, 1.82) is 0 Å². The Hall–Kier alpha value is -1.51. The minimum Gasteiger partial charge on any atom is -0.335 e. The number of hydrogen-bond donors (Lipinski definition) is 2. The van der Waals surface area contributed by atoms with Gasteiger partial charge in [-0.15, -0.1) is 0 Å². The summed E-state index contributed by atoms with van der Waals surface area (Å²) < 4.78 is 0. The molecule has 2 N–H and O–H groups in total. The van der Waals surface area contributed by atoms with Gasteiger partial charge in [0.1, 0.15) is 0 Å². The lowest BCUT2D eigenvalue weighted by Gasteiger charge is -2.25. The molecule has 1 atom stereocenters. The summed E-state index contributed by atoms with van der Waals surface area (Å²) >= 11 is 0. The van der Waals surface area contributed by atoms with Crippen molar-refractivity contribution in [3.63, 3.8) is 0 Å². The zero-order valence-electron chi connectivity index (χ0n) is 11.7. The van der Waals surface area contributed by atoms with Crippen molar-refractivity contribution >= 4 is 6.03 Å². The molecule has 1 fully saturated rings. The van der Waals surface area contributed by atoms with Crippen LogP contribution in [0.5, 0.6) is 0 Å². The Morgan fingerprint density at radius 2 is 1.89 bits per heavy atom. The van der Waals surface area contributed by atoms with E-state index in [2.05, 4.69) is 29.7 Å². The molecule has 104 valence electrons. The largest absolute Gasteiger partial charge is 0.335 e. The zero-order valence-corrected chi connectivity index (χ0v) is 11.7. The van der Waals surface area contributed by atoms with Gasteiger partial charge in [0.2, 0.25) is 0 Å². The van der Waals surface area contributed by atoms with E-state index in [1.165, 1.54) is 24.8 Å². The molecule has 0 heterocycles. The lowest BCUT2D eigenvalue weighted by molar-refractivity contribution is 0.228. The molecule has 0 spiro atoms. The molecule has 1 aromatic rings. The summed E-state index contributed by atoms with van der Waals surface area (Å²) in [6.07, 6.45) is 6.93. The topological polar surface area (TPSA) is 41.1 Å². The van der Waals surface area contributed by atoms with Crippen molar-refractivity contribution in [3.05, 3.63) is 35.9 Å². The smallest absolute Gasteiger partial charge is 0.315 e. The Morgan fingerprint density at radius 1 is 1.21 bits per heavy atom. The molecule has 2 rings (SSSR count). The fourth-order valence-electron chi connectivity index (χ4n) is 2.74. The van der Waals surface area contributed by atoms with Crippen LogP contribution in [0.3, 0.4) is 0 Å². The molecule has 1 saturated carbocycles. The van der Waals surface area contributed by atoms with Crippen molar-refractivity contribution < 1.29 is 4.79 Å². The third-order valence-electron chi connectivity index (χ3n) is 3.86. The molecular formula is C16H24N2O. The van der Waals surface area contributed by atoms with Crippen LogP contribution in [-0.4, -0.2) is 12.1 Å². The van der Waals surface area contributed by atoms with E-state index in [9.17, 15) is 4.79 Å². The van der Waals surface area contributed by atoms with E-state index in [0.717, 1.165) is 19.3 Å². The number of nitrogens with one attached hydrogen (secondary N) is 2. The Balaban J connectivity index is 1.85. The molecular weight excluding hydrogens is 236 g/mol. The van der Waals surface area contributed by atoms with E-state index in [0.29, 0.717) is 6.04 Å². The molecule has 3 nitrogen and oxygen atoms in total. The van der Waals surface area contributed by atoms with Crippen LogP contribution in [0.25, 0.3) is 0 Å². The molecule has 2 amide bonds. The number of hydrogen-bond acceptors (Lipinski definition) is 1. The average Bonchev–Trinajstić information content (AvgIpc) is 2.47. The molecule has 1 aliphatic carbocycles. The number of benzene rings is 1. The first-order chi connectivity index (χ1) is 9.29. The van der Waals surface area contributed by atoms with Gasteiger partial charge in [-0.05, 0) is 24.8 Å². The summed E-state index contributed by atoms with van der Waals surface area (Å²) in [5.74, 6) is 0. The maximum atomic E-state index is 12.0. The van der Waals surface area contributed by atoms with Crippen LogP contribution in [0.4, 0.5) is 4.79 Å². The van der Waals surface area contributed by atoms with E-state index >= 15 is 0 Å². The van der Waals surface area contributed by atoms with Gasteiger partial charge in [0.05, 0.1) is 6.04 Å². The van der Waals surface area contributed by atoms with Crippen molar-refractivity contribution in [2.24, 2.45) is 0 Å². The second kappa shape index (κ2) is 7.17. The average molecular weight is 260 g/mol. The van der Waals surface area contributed by atoms with Gasteiger partial charge in [-0.1, -0.05) is 56.5 Å². The van der Waals surface area contributed by atoms with Gasteiger partial charge in [-0.3, -0.25) is 0 Å². The van der Waals surface area contributed by atoms with Gasteiger partial charge < -0.3 is 10.6 Å². The number of urea groups is 1. The monoisotopic (exact) mass is 260 g/mol. The lowest BCUT2D eigenvalue weighted by Crippen LogP contribution is -2.44. The zero-order chi connectivity index (χ0) is 13.5. The number of carbonyl (C=O) groups excluding carboxylic acids is 1. The quantitative estimate of drug-likeness (QED) is 0.850. The van der Waals surface area contributed by atoms with Crippen molar-refractivity contribution in [3.8, 4) is 0 Å². The maximum Gasteiger partial charge on any atom is 0.315 e. The highest BCUT2D eigenvalue weighted by Gasteiger charge is 2.17. The van der Waals surface area contributed by atoms with Gasteiger partial charge in [-0.2, -0.15) is 0 Å². The molecule has 0 bridgehead atoms. The van der Waals surface area contributed by atoms with Crippen LogP contribution < -0.4 is 10.6 Å². The third-order valence-corrected chi connectivity index (χ3v) is 3.86. The van der Waals surface area contributed by atoms with Gasteiger partial charge in [-0.25, -0.2) is 4.79 Å². The van der Waals surface area contributed by atoms with Crippen LogP contribution in [0.1, 0.15) is 57.1 Å². The third kappa shape index (κ3) is 4.27. The van der Waals surface area contributed by atoms with Gasteiger partial charge in [0, 0.05) is 6.04 Å². The van der Waals surface area contributed by atoms with Gasteiger partial charge in [0.25, 0.3) is 0 Å². The fraction of sp³-hybridized carbons (Fsp3) is 0.562. The first kappa shape index (κ1) is 13.9. The van der Waals surface area contributed by atoms with Crippen LogP contribution in [-0.2, 0) is 0 Å².